The summed E-state index contributed by atoms with van der Waals surface area (Å²) in [6, 6.07) is 8.17. The predicted octanol–water partition coefficient (Wildman–Crippen LogP) is 2.20. The van der Waals surface area contributed by atoms with Crippen LogP contribution in [0.2, 0.25) is 0 Å². The number of hydrogen-bond acceptors (Lipinski definition) is 6. The minimum absolute atomic E-state index is 0.193. The lowest BCUT2D eigenvalue weighted by molar-refractivity contribution is -0.196. The molecule has 1 aromatic rings. The minimum atomic E-state index is -3.36. The van der Waals surface area contributed by atoms with Crippen molar-refractivity contribution in [2.45, 2.75) is 50.2 Å². The van der Waals surface area contributed by atoms with Crippen LogP contribution in [0.15, 0.2) is 41.8 Å². The molecule has 0 unspecified atom stereocenters. The van der Waals surface area contributed by atoms with Gasteiger partial charge in [0, 0.05) is 11.1 Å². The first-order valence-corrected chi connectivity index (χ1v) is 12.6. The van der Waals surface area contributed by atoms with Gasteiger partial charge < -0.3 is 14.7 Å². The van der Waals surface area contributed by atoms with E-state index in [4.69, 9.17) is 4.74 Å². The van der Waals surface area contributed by atoms with Crippen LogP contribution in [-0.4, -0.2) is 49.4 Å². The van der Waals surface area contributed by atoms with Gasteiger partial charge in [0.1, 0.15) is 0 Å². The normalized spacial score (nSPS) is 37.0. The van der Waals surface area contributed by atoms with Crippen LogP contribution in [0.25, 0.3) is 0 Å². The lowest BCUT2D eigenvalue weighted by Crippen LogP contribution is -2.58. The van der Waals surface area contributed by atoms with Gasteiger partial charge in [0.2, 0.25) is 0 Å². The summed E-state index contributed by atoms with van der Waals surface area (Å²) >= 11 is 0. The Morgan fingerprint density at radius 3 is 2.35 bits per heavy atom. The Balaban J connectivity index is 1.31. The monoisotopic (exact) mass is 445 g/mol. The molecule has 4 aliphatic carbocycles. The van der Waals surface area contributed by atoms with Gasteiger partial charge in [-0.05, 0) is 68.6 Å². The number of para-hydroxylation sites is 1. The number of ether oxygens (including phenoxy) is 1. The summed E-state index contributed by atoms with van der Waals surface area (Å²) in [5.41, 5.74) is -0.932. The molecule has 4 saturated carbocycles. The Morgan fingerprint density at radius 1 is 1.10 bits per heavy atom. The molecule has 3 atom stereocenters. The molecule has 4 bridgehead atoms. The number of hydrogen-bond donors (Lipinski definition) is 1. The first-order valence-electron chi connectivity index (χ1n) is 10.8. The summed E-state index contributed by atoms with van der Waals surface area (Å²) < 4.78 is 29.4. The van der Waals surface area contributed by atoms with Crippen LogP contribution in [0, 0.1) is 17.3 Å². The maximum Gasteiger partial charge on any atom is 0.312 e. The summed E-state index contributed by atoms with van der Waals surface area (Å²) in [7, 11) is -3.36. The van der Waals surface area contributed by atoms with Crippen molar-refractivity contribution in [3.05, 3.63) is 41.8 Å². The van der Waals surface area contributed by atoms with E-state index in [0.717, 1.165) is 24.7 Å². The van der Waals surface area contributed by atoms with Gasteiger partial charge in [0.05, 0.1) is 22.8 Å². The van der Waals surface area contributed by atoms with Gasteiger partial charge in [-0.1, -0.05) is 18.2 Å². The second kappa shape index (κ2) is 7.17. The van der Waals surface area contributed by atoms with Gasteiger partial charge in [-0.25, -0.2) is 8.42 Å². The third-order valence-electron chi connectivity index (χ3n) is 7.34. The fraction of sp³-hybridized carbons (Fsp3) is 0.565. The van der Waals surface area contributed by atoms with E-state index in [1.807, 2.05) is 6.07 Å². The van der Waals surface area contributed by atoms with Crippen molar-refractivity contribution in [3.63, 3.8) is 0 Å². The zero-order chi connectivity index (χ0) is 21.9. The van der Waals surface area contributed by atoms with Gasteiger partial charge >= 0.3 is 5.97 Å². The Morgan fingerprint density at radius 2 is 1.77 bits per heavy atom. The van der Waals surface area contributed by atoms with Crippen LogP contribution in [0.1, 0.15) is 38.5 Å². The van der Waals surface area contributed by atoms with Gasteiger partial charge in [-0.3, -0.25) is 9.59 Å². The van der Waals surface area contributed by atoms with Crippen molar-refractivity contribution in [1.29, 1.82) is 0 Å². The Kier molecular flexibility index (Phi) is 4.79. The highest BCUT2D eigenvalue weighted by molar-refractivity contribution is 7.94. The molecule has 0 spiro atoms. The molecule has 0 saturated heterocycles. The van der Waals surface area contributed by atoms with Crippen LogP contribution >= 0.6 is 0 Å². The topological polar surface area (TPSA) is 101 Å². The lowest BCUT2D eigenvalue weighted by Gasteiger charge is -2.58. The van der Waals surface area contributed by atoms with Crippen molar-refractivity contribution >= 4 is 27.4 Å². The number of benzene rings is 1. The average molecular weight is 446 g/mol. The van der Waals surface area contributed by atoms with E-state index in [1.54, 1.807) is 24.3 Å². The molecule has 1 N–H and O–H groups in total. The zero-order valence-corrected chi connectivity index (χ0v) is 18.1. The van der Waals surface area contributed by atoms with Crippen LogP contribution in [0.4, 0.5) is 5.69 Å². The quantitative estimate of drug-likeness (QED) is 0.698. The third kappa shape index (κ3) is 3.80. The number of rotatable bonds is 5. The predicted molar refractivity (Wildman–Crippen MR) is 114 cm³/mol. The standard InChI is InChI=1S/C23H27NO6S/c25-20(24(18-4-2-1-3-5-18)19-6-7-31(28,29)14-19)13-30-21(26)22-9-16-8-17(10-22)12-23(27,11-16)15-22/h1-7,16-17,19,27H,8-15H2/t16-,17-,19+,22?,23?/m1/s1. The van der Waals surface area contributed by atoms with E-state index < -0.39 is 45.4 Å². The highest BCUT2D eigenvalue weighted by atomic mass is 32.2. The van der Waals surface area contributed by atoms with Gasteiger partial charge in [0.15, 0.2) is 16.4 Å². The smallest absolute Gasteiger partial charge is 0.312 e. The molecule has 0 radical (unpaired) electrons. The number of nitrogens with zero attached hydrogens (tertiary/aromatic N) is 1. The summed E-state index contributed by atoms with van der Waals surface area (Å²) in [5.74, 6) is -0.388. The fourth-order valence-corrected chi connectivity index (χ4v) is 7.90. The summed E-state index contributed by atoms with van der Waals surface area (Å²) in [5, 5.41) is 12.0. The van der Waals surface area contributed by atoms with E-state index in [2.05, 4.69) is 0 Å². The lowest BCUT2D eigenvalue weighted by atomic mass is 9.48. The molecule has 166 valence electrons. The number of esters is 1. The number of aliphatic hydroxyl groups is 1. The zero-order valence-electron chi connectivity index (χ0n) is 17.3. The number of amides is 1. The van der Waals surface area contributed by atoms with Crippen LogP contribution < -0.4 is 4.90 Å². The van der Waals surface area contributed by atoms with E-state index in [9.17, 15) is 23.1 Å². The largest absolute Gasteiger partial charge is 0.455 e. The second-order valence-corrected chi connectivity index (χ2v) is 11.8. The van der Waals surface area contributed by atoms with E-state index >= 15 is 0 Å². The maximum atomic E-state index is 13.1. The van der Waals surface area contributed by atoms with Crippen LogP contribution in [-0.2, 0) is 24.2 Å². The molecule has 1 amide bonds. The van der Waals surface area contributed by atoms with Crippen molar-refractivity contribution in [1.82, 2.24) is 0 Å². The molecule has 1 heterocycles. The van der Waals surface area contributed by atoms with E-state index in [0.29, 0.717) is 36.8 Å². The highest BCUT2D eigenvalue weighted by Crippen LogP contribution is 2.61. The summed E-state index contributed by atoms with van der Waals surface area (Å²) in [6.07, 6.45) is 5.89. The van der Waals surface area contributed by atoms with Crippen molar-refractivity contribution in [2.24, 2.45) is 17.3 Å². The van der Waals surface area contributed by atoms with Crippen LogP contribution in [0.3, 0.4) is 0 Å². The molecular formula is C23H27NO6S. The molecule has 5 aliphatic rings. The number of carbonyl (C=O) groups is 2. The minimum Gasteiger partial charge on any atom is -0.455 e. The van der Waals surface area contributed by atoms with Crippen LogP contribution in [0.5, 0.6) is 0 Å². The number of anilines is 1. The Bertz CT molecular complexity index is 1020. The average Bonchev–Trinajstić information content (AvgIpc) is 3.04. The summed E-state index contributed by atoms with van der Waals surface area (Å²) in [4.78, 5) is 27.6. The molecular weight excluding hydrogens is 418 g/mol. The number of carbonyl (C=O) groups excluding carboxylic acids is 2. The maximum absolute atomic E-state index is 13.1. The second-order valence-electron chi connectivity index (χ2n) is 9.87. The van der Waals surface area contributed by atoms with E-state index in [-0.39, 0.29) is 5.75 Å². The first kappa shape index (κ1) is 20.7. The van der Waals surface area contributed by atoms with Gasteiger partial charge in [-0.15, -0.1) is 0 Å². The third-order valence-corrected chi connectivity index (χ3v) is 8.71. The van der Waals surface area contributed by atoms with Crippen molar-refractivity contribution in [3.8, 4) is 0 Å². The molecule has 1 aliphatic heterocycles. The SMILES string of the molecule is O=C(COC(=O)C12C[C@H]3C[C@@H](CC(O)(C3)C1)C2)N(c1ccccc1)[C@H]1C=CS(=O)(=O)C1. The Labute approximate surface area is 182 Å². The molecule has 4 fully saturated rings. The van der Waals surface area contributed by atoms with E-state index in [1.165, 1.54) is 11.0 Å². The van der Waals surface area contributed by atoms with Crippen molar-refractivity contribution < 1.29 is 27.9 Å². The summed E-state index contributed by atoms with van der Waals surface area (Å²) in [6.45, 7) is -0.451. The molecule has 6 rings (SSSR count). The first-order chi connectivity index (χ1) is 14.7. The van der Waals surface area contributed by atoms with Gasteiger partial charge in [-0.2, -0.15) is 0 Å². The number of sulfone groups is 1. The molecule has 8 heteroatoms. The molecule has 0 aromatic heterocycles. The Hall–Kier alpha value is -2.19. The van der Waals surface area contributed by atoms with Crippen molar-refractivity contribution in [2.75, 3.05) is 17.3 Å². The molecule has 7 nitrogen and oxygen atoms in total. The van der Waals surface area contributed by atoms with Gasteiger partial charge in [0.25, 0.3) is 5.91 Å². The fourth-order valence-electron chi connectivity index (χ4n) is 6.63. The highest BCUT2D eigenvalue weighted by Gasteiger charge is 2.61. The molecule has 31 heavy (non-hydrogen) atoms. The molecule has 1 aromatic carbocycles.